The molecule has 2 aromatic rings. The lowest BCUT2D eigenvalue weighted by molar-refractivity contribution is 0.813. The minimum absolute atomic E-state index is 0.155. The Morgan fingerprint density at radius 2 is 2.22 bits per heavy atom. The molecular formula is C11H11ClN4OS. The Labute approximate surface area is 113 Å². The maximum absolute atomic E-state index is 11.5. The molecule has 0 radical (unpaired) electrons. The zero-order valence-corrected chi connectivity index (χ0v) is 11.3. The van der Waals surface area contributed by atoms with E-state index >= 15 is 0 Å². The number of nitrogens with one attached hydrogen (secondary N) is 1. The number of H-pyrrole nitrogens is 1. The standard InChI is InChI=1S/C11H11ClN4OS/c1-2-3-7-6-9(17)14-11(13-7)18-10-5-4-8(12)15-16-10/h4-6H,2-3H2,1H3,(H,13,14,17). The Kier molecular flexibility index (Phi) is 4.33. The van der Waals surface area contributed by atoms with Crippen molar-refractivity contribution in [1.82, 2.24) is 20.2 Å². The smallest absolute Gasteiger partial charge is 0.251 e. The van der Waals surface area contributed by atoms with Gasteiger partial charge in [-0.15, -0.1) is 10.2 Å². The first-order valence-electron chi connectivity index (χ1n) is 5.44. The van der Waals surface area contributed by atoms with Crippen LogP contribution >= 0.6 is 23.4 Å². The SMILES string of the molecule is CCCc1cc(=O)[nH]c(Sc2ccc(Cl)nn2)n1. The Balaban J connectivity index is 2.23. The molecule has 2 aromatic heterocycles. The lowest BCUT2D eigenvalue weighted by atomic mass is 10.2. The second-order valence-electron chi connectivity index (χ2n) is 3.59. The van der Waals surface area contributed by atoms with E-state index in [1.807, 2.05) is 6.92 Å². The van der Waals surface area contributed by atoms with Gasteiger partial charge >= 0.3 is 0 Å². The van der Waals surface area contributed by atoms with Crippen LogP contribution in [0.1, 0.15) is 19.0 Å². The molecule has 94 valence electrons. The van der Waals surface area contributed by atoms with Gasteiger partial charge in [0.05, 0.1) is 0 Å². The quantitative estimate of drug-likeness (QED) is 0.872. The van der Waals surface area contributed by atoms with Crippen molar-refractivity contribution >= 4 is 23.4 Å². The van der Waals surface area contributed by atoms with E-state index in [9.17, 15) is 4.79 Å². The van der Waals surface area contributed by atoms with Crippen LogP contribution in [0.5, 0.6) is 0 Å². The van der Waals surface area contributed by atoms with Crippen LogP contribution in [0.3, 0.4) is 0 Å². The second-order valence-corrected chi connectivity index (χ2v) is 4.98. The van der Waals surface area contributed by atoms with Gasteiger partial charge in [0.15, 0.2) is 10.3 Å². The molecular weight excluding hydrogens is 272 g/mol. The van der Waals surface area contributed by atoms with Crippen LogP contribution in [0.15, 0.2) is 33.2 Å². The maximum Gasteiger partial charge on any atom is 0.251 e. The van der Waals surface area contributed by atoms with E-state index in [0.717, 1.165) is 18.5 Å². The molecule has 0 aliphatic heterocycles. The zero-order chi connectivity index (χ0) is 13.0. The van der Waals surface area contributed by atoms with E-state index in [4.69, 9.17) is 11.6 Å². The van der Waals surface area contributed by atoms with Crippen molar-refractivity contribution in [3.8, 4) is 0 Å². The summed E-state index contributed by atoms with van der Waals surface area (Å²) < 4.78 is 0. The summed E-state index contributed by atoms with van der Waals surface area (Å²) in [5, 5.41) is 9.11. The van der Waals surface area contributed by atoms with Crippen molar-refractivity contribution in [2.45, 2.75) is 29.9 Å². The summed E-state index contributed by atoms with van der Waals surface area (Å²) in [6.07, 6.45) is 1.73. The second kappa shape index (κ2) is 5.97. The summed E-state index contributed by atoms with van der Waals surface area (Å²) >= 11 is 6.90. The average molecular weight is 283 g/mol. The molecule has 7 heteroatoms. The van der Waals surface area contributed by atoms with E-state index in [-0.39, 0.29) is 5.56 Å². The molecule has 0 bridgehead atoms. The third-order valence-corrected chi connectivity index (χ3v) is 3.10. The highest BCUT2D eigenvalue weighted by Crippen LogP contribution is 2.21. The lowest BCUT2D eigenvalue weighted by Gasteiger charge is -2.02. The molecule has 0 unspecified atom stereocenters. The fourth-order valence-corrected chi connectivity index (χ4v) is 2.20. The minimum atomic E-state index is -0.155. The van der Waals surface area contributed by atoms with Gasteiger partial charge in [0, 0.05) is 11.8 Å². The Morgan fingerprint density at radius 1 is 1.39 bits per heavy atom. The van der Waals surface area contributed by atoms with E-state index in [1.54, 1.807) is 12.1 Å². The Morgan fingerprint density at radius 3 is 2.89 bits per heavy atom. The molecule has 0 spiro atoms. The van der Waals surface area contributed by atoms with Gasteiger partial charge in [0.2, 0.25) is 0 Å². The summed E-state index contributed by atoms with van der Waals surface area (Å²) in [5.74, 6) is 0. The lowest BCUT2D eigenvalue weighted by Crippen LogP contribution is -2.09. The van der Waals surface area contributed by atoms with Crippen LogP contribution in [0.4, 0.5) is 0 Å². The summed E-state index contributed by atoms with van der Waals surface area (Å²) in [4.78, 5) is 18.5. The van der Waals surface area contributed by atoms with Crippen LogP contribution in [-0.2, 0) is 6.42 Å². The summed E-state index contributed by atoms with van der Waals surface area (Å²) in [5.41, 5.74) is 0.628. The van der Waals surface area contributed by atoms with Gasteiger partial charge in [-0.1, -0.05) is 24.9 Å². The minimum Gasteiger partial charge on any atom is -0.301 e. The molecule has 0 fully saturated rings. The number of aromatic amines is 1. The first-order chi connectivity index (χ1) is 8.67. The molecule has 2 heterocycles. The molecule has 5 nitrogen and oxygen atoms in total. The predicted octanol–water partition coefficient (Wildman–Crippen LogP) is 2.32. The summed E-state index contributed by atoms with van der Waals surface area (Å²) in [7, 11) is 0. The largest absolute Gasteiger partial charge is 0.301 e. The van der Waals surface area contributed by atoms with Crippen LogP contribution < -0.4 is 5.56 Å². The van der Waals surface area contributed by atoms with Gasteiger partial charge in [0.25, 0.3) is 5.56 Å². The van der Waals surface area contributed by atoms with Crippen LogP contribution in [-0.4, -0.2) is 20.2 Å². The predicted molar refractivity (Wildman–Crippen MR) is 70.0 cm³/mol. The van der Waals surface area contributed by atoms with Gasteiger partial charge in [-0.25, -0.2) is 4.98 Å². The van der Waals surface area contributed by atoms with Gasteiger partial charge in [-0.3, -0.25) is 4.79 Å². The maximum atomic E-state index is 11.5. The van der Waals surface area contributed by atoms with Crippen molar-refractivity contribution in [2.75, 3.05) is 0 Å². The fraction of sp³-hybridized carbons (Fsp3) is 0.273. The number of nitrogens with zero attached hydrogens (tertiary/aromatic N) is 3. The highest BCUT2D eigenvalue weighted by molar-refractivity contribution is 7.99. The normalized spacial score (nSPS) is 10.6. The van der Waals surface area contributed by atoms with E-state index in [1.165, 1.54) is 17.8 Å². The van der Waals surface area contributed by atoms with Gasteiger partial charge in [0.1, 0.15) is 5.03 Å². The number of hydrogen-bond donors (Lipinski definition) is 1. The number of rotatable bonds is 4. The van der Waals surface area contributed by atoms with Crippen molar-refractivity contribution in [3.05, 3.63) is 39.4 Å². The molecule has 0 aromatic carbocycles. The van der Waals surface area contributed by atoms with Crippen molar-refractivity contribution in [2.24, 2.45) is 0 Å². The molecule has 1 N–H and O–H groups in total. The number of aryl methyl sites for hydroxylation is 1. The number of hydrogen-bond acceptors (Lipinski definition) is 5. The van der Waals surface area contributed by atoms with Crippen LogP contribution in [0.2, 0.25) is 5.15 Å². The van der Waals surface area contributed by atoms with Crippen molar-refractivity contribution in [3.63, 3.8) is 0 Å². The van der Waals surface area contributed by atoms with E-state index in [2.05, 4.69) is 20.2 Å². The monoisotopic (exact) mass is 282 g/mol. The molecule has 0 saturated carbocycles. The number of halogens is 1. The molecule has 18 heavy (non-hydrogen) atoms. The fourth-order valence-electron chi connectivity index (χ4n) is 1.37. The Bertz CT molecular complexity index is 584. The summed E-state index contributed by atoms with van der Waals surface area (Å²) in [6.45, 7) is 2.04. The Hall–Kier alpha value is -1.40. The number of aromatic nitrogens is 4. The zero-order valence-electron chi connectivity index (χ0n) is 9.68. The average Bonchev–Trinajstić information content (AvgIpc) is 2.32. The van der Waals surface area contributed by atoms with E-state index < -0.39 is 0 Å². The summed E-state index contributed by atoms with van der Waals surface area (Å²) in [6, 6.07) is 4.89. The third kappa shape index (κ3) is 3.54. The van der Waals surface area contributed by atoms with Crippen LogP contribution in [0.25, 0.3) is 0 Å². The van der Waals surface area contributed by atoms with Gasteiger partial charge < -0.3 is 4.98 Å². The van der Waals surface area contributed by atoms with Crippen molar-refractivity contribution in [1.29, 1.82) is 0 Å². The molecule has 0 saturated heterocycles. The third-order valence-electron chi connectivity index (χ3n) is 2.09. The molecule has 0 aliphatic carbocycles. The van der Waals surface area contributed by atoms with Crippen LogP contribution in [0, 0.1) is 0 Å². The highest BCUT2D eigenvalue weighted by atomic mass is 35.5. The first-order valence-corrected chi connectivity index (χ1v) is 6.64. The molecule has 2 rings (SSSR count). The van der Waals surface area contributed by atoms with E-state index in [0.29, 0.717) is 15.3 Å². The molecule has 0 atom stereocenters. The first kappa shape index (κ1) is 13.0. The van der Waals surface area contributed by atoms with Gasteiger partial charge in [-0.2, -0.15) is 0 Å². The topological polar surface area (TPSA) is 71.5 Å². The van der Waals surface area contributed by atoms with Crippen molar-refractivity contribution < 1.29 is 0 Å². The highest BCUT2D eigenvalue weighted by Gasteiger charge is 2.05. The molecule has 0 amide bonds. The van der Waals surface area contributed by atoms with Gasteiger partial charge in [-0.05, 0) is 30.3 Å². The molecule has 0 aliphatic rings.